The Balaban J connectivity index is 3.02. The highest BCUT2D eigenvalue weighted by atomic mass is 31.2. The Kier molecular flexibility index (Phi) is 20.9. The van der Waals surface area contributed by atoms with Crippen LogP contribution in [-0.2, 0) is 34.6 Å². The van der Waals surface area contributed by atoms with Gasteiger partial charge in [0.1, 0.15) is 23.9 Å². The molecule has 1 rings (SSSR count). The van der Waals surface area contributed by atoms with Crippen LogP contribution < -0.4 is 20.5 Å². The summed E-state index contributed by atoms with van der Waals surface area (Å²) in [6.45, 7) is 24.0. The molecule has 1 aromatic carbocycles. The molecule has 292 valence electrons. The van der Waals surface area contributed by atoms with E-state index < -0.39 is 49.7 Å². The minimum absolute atomic E-state index is 0.115. The van der Waals surface area contributed by atoms with Crippen LogP contribution in [0.3, 0.4) is 0 Å². The molecular weight excluding hydrogens is 667 g/mol. The Morgan fingerprint density at radius 3 is 1.67 bits per heavy atom. The van der Waals surface area contributed by atoms with Crippen LogP contribution in [-0.4, -0.2) is 70.9 Å². The molecule has 0 fully saturated rings. The normalized spacial score (nSPS) is 13.8. The molecular formula is C39H69N4O7P. The summed E-state index contributed by atoms with van der Waals surface area (Å²) in [6, 6.07) is 4.58. The molecule has 12 heteroatoms. The summed E-state index contributed by atoms with van der Waals surface area (Å²) in [4.78, 5) is 54.7. The first-order valence-electron chi connectivity index (χ1n) is 18.9. The van der Waals surface area contributed by atoms with E-state index in [1.54, 1.807) is 19.1 Å². The number of amides is 4. The van der Waals surface area contributed by atoms with E-state index in [-0.39, 0.29) is 24.2 Å². The lowest BCUT2D eigenvalue weighted by atomic mass is 10.0. The van der Waals surface area contributed by atoms with Crippen LogP contribution in [0.25, 0.3) is 0 Å². The van der Waals surface area contributed by atoms with E-state index in [1.807, 2.05) is 72.4 Å². The lowest BCUT2D eigenvalue weighted by molar-refractivity contribution is -0.137. The van der Waals surface area contributed by atoms with Crippen LogP contribution in [0.4, 0.5) is 0 Å². The number of unbranched alkanes of at least 4 members (excludes halogenated alkanes) is 6. The number of nitrogens with one attached hydrogen (secondary N) is 3. The lowest BCUT2D eigenvalue weighted by Crippen LogP contribution is -2.58. The van der Waals surface area contributed by atoms with E-state index in [4.69, 9.17) is 13.6 Å². The molecule has 0 aromatic heterocycles. The van der Waals surface area contributed by atoms with E-state index in [9.17, 15) is 19.2 Å². The van der Waals surface area contributed by atoms with Gasteiger partial charge in [-0.25, -0.2) is 0 Å². The van der Waals surface area contributed by atoms with Gasteiger partial charge in [-0.2, -0.15) is 0 Å². The van der Waals surface area contributed by atoms with E-state index >= 15 is 0 Å². The topological polar surface area (TPSA) is 135 Å². The second-order valence-electron chi connectivity index (χ2n) is 15.7. The van der Waals surface area contributed by atoms with E-state index in [0.29, 0.717) is 18.8 Å². The molecule has 0 aliphatic carbocycles. The monoisotopic (exact) mass is 736 g/mol. The molecule has 0 bridgehead atoms. The third kappa shape index (κ3) is 20.2. The van der Waals surface area contributed by atoms with Crippen LogP contribution in [0.15, 0.2) is 24.3 Å². The fourth-order valence-electron chi connectivity index (χ4n) is 5.18. The van der Waals surface area contributed by atoms with Gasteiger partial charge in [-0.1, -0.05) is 78.4 Å². The Morgan fingerprint density at radius 2 is 1.24 bits per heavy atom. The molecule has 0 radical (unpaired) electrons. The molecule has 0 heterocycles. The molecule has 4 amide bonds. The Bertz CT molecular complexity index is 1170. The smallest absolute Gasteiger partial charge is 0.398 e. The SMILES string of the molecule is CCCCCCN(CCCCCC)C(=O)[C@@H](C)NC(=O)[C@@H](NC(=O)[C@H](Cc1ccc(OP(OC(C)(C)C)OC(C)(C)C)cc1)NC(C)=O)C(C)C. The molecule has 0 spiro atoms. The van der Waals surface area contributed by atoms with Crippen molar-refractivity contribution >= 4 is 32.2 Å². The largest absolute Gasteiger partial charge is 0.427 e. The van der Waals surface area contributed by atoms with Gasteiger partial charge in [-0.15, -0.1) is 0 Å². The quantitative estimate of drug-likeness (QED) is 0.0778. The number of nitrogens with zero attached hydrogens (tertiary/aromatic N) is 1. The van der Waals surface area contributed by atoms with Gasteiger partial charge in [0.05, 0.1) is 11.2 Å². The van der Waals surface area contributed by atoms with Crippen LogP contribution in [0.2, 0.25) is 0 Å². The number of carbonyl (C=O) groups excluding carboxylic acids is 4. The van der Waals surface area contributed by atoms with Gasteiger partial charge in [0.15, 0.2) is 0 Å². The zero-order valence-corrected chi connectivity index (χ0v) is 34.5. The first kappa shape index (κ1) is 46.3. The van der Waals surface area contributed by atoms with Gasteiger partial charge in [-0.05, 0) is 84.9 Å². The van der Waals surface area contributed by atoms with Gasteiger partial charge in [0, 0.05) is 26.4 Å². The fourth-order valence-corrected chi connectivity index (χ4v) is 6.48. The summed E-state index contributed by atoms with van der Waals surface area (Å²) in [5.74, 6) is -1.15. The third-order valence-corrected chi connectivity index (χ3v) is 9.54. The van der Waals surface area contributed by atoms with Crippen LogP contribution >= 0.6 is 8.60 Å². The first-order chi connectivity index (χ1) is 23.8. The van der Waals surface area contributed by atoms with Crippen molar-refractivity contribution in [2.75, 3.05) is 13.1 Å². The summed E-state index contributed by atoms with van der Waals surface area (Å²) in [6.07, 6.45) is 8.65. The van der Waals surface area contributed by atoms with Gasteiger partial charge in [-0.3, -0.25) is 28.2 Å². The van der Waals surface area contributed by atoms with Crippen LogP contribution in [0, 0.1) is 5.92 Å². The number of hydrogen-bond donors (Lipinski definition) is 3. The van der Waals surface area contributed by atoms with Crippen molar-refractivity contribution < 1.29 is 32.7 Å². The maximum atomic E-state index is 13.6. The van der Waals surface area contributed by atoms with Crippen LogP contribution in [0.1, 0.15) is 140 Å². The second-order valence-corrected chi connectivity index (χ2v) is 16.7. The summed E-state index contributed by atoms with van der Waals surface area (Å²) < 4.78 is 18.1. The third-order valence-electron chi connectivity index (χ3n) is 7.78. The summed E-state index contributed by atoms with van der Waals surface area (Å²) in [7, 11) is -1.69. The van der Waals surface area contributed by atoms with Crippen molar-refractivity contribution in [3.05, 3.63) is 29.8 Å². The molecule has 1 aromatic rings. The van der Waals surface area contributed by atoms with Gasteiger partial charge in [0.25, 0.3) is 0 Å². The van der Waals surface area contributed by atoms with Crippen molar-refractivity contribution in [2.24, 2.45) is 5.92 Å². The standard InChI is InChI=1S/C39H69N4O7P/c1-13-15-17-19-25-43(26-20-18-16-14-2)37(47)29(5)40-36(46)34(28(3)4)42-35(45)33(41-30(6)44)27-31-21-23-32(24-22-31)48-51(49-38(7,8)9)50-39(10,11)12/h21-24,28-29,33-34H,13-20,25-27H2,1-12H3,(H,40,46)(H,41,44)(H,42,45)/t29-,33+,34+/m1/s1. The Morgan fingerprint density at radius 1 is 0.725 bits per heavy atom. The average molecular weight is 737 g/mol. The highest BCUT2D eigenvalue weighted by Crippen LogP contribution is 2.47. The predicted octanol–water partition coefficient (Wildman–Crippen LogP) is 7.60. The minimum Gasteiger partial charge on any atom is -0.427 e. The zero-order valence-electron chi connectivity index (χ0n) is 33.6. The van der Waals surface area contributed by atoms with Gasteiger partial charge < -0.3 is 25.4 Å². The summed E-state index contributed by atoms with van der Waals surface area (Å²) in [5, 5.41) is 8.44. The van der Waals surface area contributed by atoms with Crippen molar-refractivity contribution in [3.8, 4) is 5.75 Å². The lowest BCUT2D eigenvalue weighted by Gasteiger charge is -2.30. The molecule has 0 unspecified atom stereocenters. The van der Waals surface area contributed by atoms with Gasteiger partial charge >= 0.3 is 8.60 Å². The second kappa shape index (κ2) is 23.0. The molecule has 0 aliphatic heterocycles. The minimum atomic E-state index is -1.69. The molecule has 3 N–H and O–H groups in total. The maximum absolute atomic E-state index is 13.6. The fraction of sp³-hybridized carbons (Fsp3) is 0.744. The van der Waals surface area contributed by atoms with Crippen molar-refractivity contribution in [1.82, 2.24) is 20.9 Å². The molecule has 11 nitrogen and oxygen atoms in total. The zero-order chi connectivity index (χ0) is 38.8. The summed E-state index contributed by atoms with van der Waals surface area (Å²) in [5.41, 5.74) is -0.177. The Hall–Kier alpha value is -2.75. The molecule has 0 saturated carbocycles. The number of benzene rings is 1. The molecule has 3 atom stereocenters. The number of hydrogen-bond acceptors (Lipinski definition) is 7. The van der Waals surface area contributed by atoms with Crippen molar-refractivity contribution in [1.29, 1.82) is 0 Å². The first-order valence-corrected chi connectivity index (χ1v) is 20.0. The van der Waals surface area contributed by atoms with Crippen LogP contribution in [0.5, 0.6) is 5.75 Å². The van der Waals surface area contributed by atoms with E-state index in [0.717, 1.165) is 56.9 Å². The predicted molar refractivity (Wildman–Crippen MR) is 206 cm³/mol. The number of rotatable bonds is 23. The highest BCUT2D eigenvalue weighted by molar-refractivity contribution is 7.42. The van der Waals surface area contributed by atoms with E-state index in [1.165, 1.54) is 6.92 Å². The summed E-state index contributed by atoms with van der Waals surface area (Å²) >= 11 is 0. The van der Waals surface area contributed by atoms with E-state index in [2.05, 4.69) is 29.8 Å². The highest BCUT2D eigenvalue weighted by Gasteiger charge is 2.32. The molecule has 0 aliphatic rings. The molecule has 0 saturated heterocycles. The van der Waals surface area contributed by atoms with Crippen molar-refractivity contribution in [3.63, 3.8) is 0 Å². The van der Waals surface area contributed by atoms with Crippen molar-refractivity contribution in [2.45, 2.75) is 170 Å². The molecule has 51 heavy (non-hydrogen) atoms. The van der Waals surface area contributed by atoms with Gasteiger partial charge in [0.2, 0.25) is 23.6 Å². The Labute approximate surface area is 310 Å². The average Bonchev–Trinajstić information content (AvgIpc) is 3.00. The maximum Gasteiger partial charge on any atom is 0.398 e. The number of carbonyl (C=O) groups is 4.